The first kappa shape index (κ1) is 33.5. The van der Waals surface area contributed by atoms with Gasteiger partial charge in [-0.05, 0) is 74.5 Å². The van der Waals surface area contributed by atoms with Gasteiger partial charge < -0.3 is 33.8 Å². The van der Waals surface area contributed by atoms with E-state index in [2.05, 4.69) is 79.9 Å². The number of piperazine rings is 1. The van der Waals surface area contributed by atoms with E-state index in [1.165, 1.54) is 17.7 Å². The summed E-state index contributed by atoms with van der Waals surface area (Å²) in [7, 11) is 0. The van der Waals surface area contributed by atoms with Crippen molar-refractivity contribution in [3.8, 4) is 5.75 Å². The molecule has 4 heterocycles. The summed E-state index contributed by atoms with van der Waals surface area (Å²) >= 11 is 12.8. The zero-order chi connectivity index (χ0) is 33.8. The zero-order valence-electron chi connectivity index (χ0n) is 27.9. The second-order valence-electron chi connectivity index (χ2n) is 12.4. The average Bonchev–Trinajstić information content (AvgIpc) is 3.89. The Balaban J connectivity index is 0.918. The van der Waals surface area contributed by atoms with Crippen LogP contribution in [-0.2, 0) is 21.8 Å². The molecule has 0 N–H and O–H groups in total. The topological polar surface area (TPSA) is 83.7 Å². The minimum Gasteiger partial charge on any atom is -0.491 e. The summed E-state index contributed by atoms with van der Waals surface area (Å²) in [5.41, 5.74) is 4.10. The van der Waals surface area contributed by atoms with Crippen LogP contribution in [0.4, 0.5) is 17.1 Å². The van der Waals surface area contributed by atoms with E-state index in [-0.39, 0.29) is 12.6 Å². The average molecular weight is 706 g/mol. The quantitative estimate of drug-likeness (QED) is 0.189. The van der Waals surface area contributed by atoms with Crippen LogP contribution in [0.3, 0.4) is 0 Å². The second kappa shape index (κ2) is 14.8. The molecule has 3 saturated heterocycles. The zero-order valence-corrected chi connectivity index (χ0v) is 29.4. The van der Waals surface area contributed by atoms with Gasteiger partial charge in [-0.3, -0.25) is 0 Å². The smallest absolute Gasteiger partial charge is 0.217 e. The van der Waals surface area contributed by atoms with E-state index < -0.39 is 5.79 Å². The third kappa shape index (κ3) is 7.45. The van der Waals surface area contributed by atoms with Gasteiger partial charge in [0.2, 0.25) is 11.7 Å². The highest BCUT2D eigenvalue weighted by Gasteiger charge is 2.45. The Morgan fingerprint density at radius 1 is 0.857 bits per heavy atom. The van der Waals surface area contributed by atoms with Crippen LogP contribution in [0.25, 0.3) is 0 Å². The van der Waals surface area contributed by atoms with Crippen molar-refractivity contribution in [2.45, 2.75) is 32.3 Å². The van der Waals surface area contributed by atoms with E-state index in [1.54, 1.807) is 23.1 Å². The van der Waals surface area contributed by atoms with Crippen molar-refractivity contribution in [1.29, 1.82) is 0 Å². The second-order valence-corrected chi connectivity index (χ2v) is 13.2. The van der Waals surface area contributed by atoms with Crippen molar-refractivity contribution >= 4 is 46.2 Å². The largest absolute Gasteiger partial charge is 0.491 e. The molecule has 11 nitrogen and oxygen atoms in total. The molecule has 13 heteroatoms. The molecule has 0 radical (unpaired) electrons. The van der Waals surface area contributed by atoms with Crippen molar-refractivity contribution in [3.05, 3.63) is 95.0 Å². The molecule has 3 aliphatic heterocycles. The highest BCUT2D eigenvalue weighted by molar-refractivity contribution is 6.35. The maximum atomic E-state index is 6.59. The van der Waals surface area contributed by atoms with Crippen LogP contribution >= 0.6 is 23.2 Å². The lowest BCUT2D eigenvalue weighted by Crippen LogP contribution is -2.46. The lowest BCUT2D eigenvalue weighted by molar-refractivity contribution is -0.190. The molecule has 0 aliphatic carbocycles. The van der Waals surface area contributed by atoms with E-state index in [0.717, 1.165) is 69.8 Å². The monoisotopic (exact) mass is 704 g/mol. The molecule has 2 atom stereocenters. The molecule has 0 saturated carbocycles. The molecule has 1 aromatic heterocycles. The fourth-order valence-electron chi connectivity index (χ4n) is 6.68. The summed E-state index contributed by atoms with van der Waals surface area (Å²) in [6.45, 7) is 13.1. The number of nitrogens with zero attached hydrogens (tertiary/aromatic N) is 8. The van der Waals surface area contributed by atoms with Crippen LogP contribution in [0.1, 0.15) is 19.4 Å². The van der Waals surface area contributed by atoms with Gasteiger partial charge in [-0.2, -0.15) is 5.10 Å². The molecule has 7 rings (SSSR count). The number of halogens is 2. The Hall–Kier alpha value is -4.03. The molecular weight excluding hydrogens is 663 g/mol. The maximum Gasteiger partial charge on any atom is 0.217 e. The van der Waals surface area contributed by atoms with Gasteiger partial charge >= 0.3 is 0 Å². The lowest BCUT2D eigenvalue weighted by Gasteiger charge is -2.37. The van der Waals surface area contributed by atoms with Gasteiger partial charge in [-0.1, -0.05) is 29.3 Å². The Morgan fingerprint density at radius 3 is 2.10 bits per heavy atom. The predicted molar refractivity (Wildman–Crippen MR) is 193 cm³/mol. The van der Waals surface area contributed by atoms with Gasteiger partial charge in [0, 0.05) is 74.3 Å². The molecule has 0 bridgehead atoms. The molecule has 258 valence electrons. The van der Waals surface area contributed by atoms with Crippen LogP contribution in [-0.4, -0.2) is 102 Å². The number of hydrogen-bond donors (Lipinski definition) is 0. The van der Waals surface area contributed by atoms with Gasteiger partial charge in [0.1, 0.15) is 37.7 Å². The van der Waals surface area contributed by atoms with E-state index in [0.29, 0.717) is 28.8 Å². The van der Waals surface area contributed by atoms with Gasteiger partial charge in [-0.25, -0.2) is 14.7 Å². The first-order chi connectivity index (χ1) is 23.9. The molecule has 3 aliphatic rings. The summed E-state index contributed by atoms with van der Waals surface area (Å²) in [5, 5.41) is 5.24. The summed E-state index contributed by atoms with van der Waals surface area (Å²) in [6.07, 6.45) is 2.78. The van der Waals surface area contributed by atoms with Crippen molar-refractivity contribution in [3.63, 3.8) is 0 Å². The van der Waals surface area contributed by atoms with Crippen LogP contribution < -0.4 is 14.5 Å². The molecule has 3 aromatic carbocycles. The number of likely N-dealkylation sites (N-methyl/N-ethyl adjacent to an activating group) is 2. The van der Waals surface area contributed by atoms with E-state index in [4.69, 9.17) is 42.4 Å². The van der Waals surface area contributed by atoms with Gasteiger partial charge in [0.05, 0.1) is 17.3 Å². The Morgan fingerprint density at radius 2 is 1.51 bits per heavy atom. The molecular formula is C36H42Cl2N8O3. The summed E-state index contributed by atoms with van der Waals surface area (Å²) in [5.74, 6) is 0.716. The molecule has 4 aromatic rings. The highest BCUT2D eigenvalue weighted by atomic mass is 35.5. The minimum atomic E-state index is -1.14. The number of guanidine groups is 1. The fraction of sp³-hybridized carbons (Fsp3) is 0.417. The first-order valence-corrected chi connectivity index (χ1v) is 17.7. The molecule has 2 unspecified atom stereocenters. The standard InChI is InChI=1S/C36H42Cl2N8O3/c1-3-42-15-16-43(4-2)35(42)41-28-6-8-29(9-7-28)44-17-19-45(20-18-44)30-10-12-31(13-11-30)47-22-32-23-48-36(49-32,24-46-26-39-25-40-46)33-14-5-27(37)21-34(33)38/h5-14,21,25-26,32H,3-4,15-20,22-24H2,1-2H3. The SMILES string of the molecule is CCN1CCN(CC)C1=Nc1ccc(N2CCN(c3ccc(OCC4COC(Cn5cncn5)(c5ccc(Cl)cc5Cl)O4)cc3)CC2)cc1. The van der Waals surface area contributed by atoms with Gasteiger partial charge in [-0.15, -0.1) is 0 Å². The summed E-state index contributed by atoms with van der Waals surface area (Å²) in [4.78, 5) is 18.6. The van der Waals surface area contributed by atoms with E-state index in [9.17, 15) is 0 Å². The van der Waals surface area contributed by atoms with Crippen LogP contribution in [0.2, 0.25) is 10.0 Å². The van der Waals surface area contributed by atoms with Gasteiger partial charge in [0.25, 0.3) is 0 Å². The minimum absolute atomic E-state index is 0.281. The molecule has 0 amide bonds. The number of rotatable bonds is 11. The molecule has 49 heavy (non-hydrogen) atoms. The van der Waals surface area contributed by atoms with Crippen molar-refractivity contribution < 1.29 is 14.2 Å². The summed E-state index contributed by atoms with van der Waals surface area (Å²) < 4.78 is 20.6. The fourth-order valence-corrected chi connectivity index (χ4v) is 7.24. The van der Waals surface area contributed by atoms with Gasteiger partial charge in [0.15, 0.2) is 0 Å². The Labute approximate surface area is 297 Å². The molecule has 0 spiro atoms. The van der Waals surface area contributed by atoms with Crippen molar-refractivity contribution in [2.75, 3.05) is 75.4 Å². The molecule has 3 fully saturated rings. The van der Waals surface area contributed by atoms with Crippen LogP contribution in [0.5, 0.6) is 5.75 Å². The van der Waals surface area contributed by atoms with E-state index >= 15 is 0 Å². The number of ether oxygens (including phenoxy) is 3. The Kier molecular flexibility index (Phi) is 10.1. The number of aromatic nitrogens is 3. The number of aliphatic imine (C=N–C) groups is 1. The van der Waals surface area contributed by atoms with Crippen molar-refractivity contribution in [1.82, 2.24) is 24.6 Å². The third-order valence-electron chi connectivity index (χ3n) is 9.37. The third-order valence-corrected chi connectivity index (χ3v) is 9.92. The normalized spacial score (nSPS) is 21.1. The number of anilines is 2. The summed E-state index contributed by atoms with van der Waals surface area (Å²) in [6, 6.07) is 22.2. The van der Waals surface area contributed by atoms with Crippen molar-refractivity contribution in [2.24, 2.45) is 4.99 Å². The van der Waals surface area contributed by atoms with E-state index in [1.807, 2.05) is 18.2 Å². The number of benzene rings is 3. The Bertz CT molecular complexity index is 1700. The number of hydrogen-bond acceptors (Lipinski definition) is 8. The lowest BCUT2D eigenvalue weighted by atomic mass is 10.1. The maximum absolute atomic E-state index is 6.59. The first-order valence-electron chi connectivity index (χ1n) is 16.9. The predicted octanol–water partition coefficient (Wildman–Crippen LogP) is 5.90. The highest BCUT2D eigenvalue weighted by Crippen LogP contribution is 2.40. The van der Waals surface area contributed by atoms with Crippen LogP contribution in [0.15, 0.2) is 84.4 Å². The van der Waals surface area contributed by atoms with Crippen LogP contribution in [0, 0.1) is 0 Å².